The van der Waals surface area contributed by atoms with Crippen molar-refractivity contribution in [2.45, 2.75) is 26.6 Å². The summed E-state index contributed by atoms with van der Waals surface area (Å²) in [7, 11) is 0. The molecule has 104 valence electrons. The van der Waals surface area contributed by atoms with Gasteiger partial charge in [0.05, 0.1) is 6.61 Å². The Balaban J connectivity index is 1.98. The van der Waals surface area contributed by atoms with Crippen LogP contribution in [0.25, 0.3) is 0 Å². The molecular formula is C17H17ClO2. The maximum atomic E-state index is 12.2. The first-order valence-electron chi connectivity index (χ1n) is 6.54. The van der Waals surface area contributed by atoms with Gasteiger partial charge in [0.2, 0.25) is 0 Å². The summed E-state index contributed by atoms with van der Waals surface area (Å²) in [5, 5.41) is 0.655. The van der Waals surface area contributed by atoms with Gasteiger partial charge in [-0.15, -0.1) is 0 Å². The van der Waals surface area contributed by atoms with Gasteiger partial charge in [-0.3, -0.25) is 4.79 Å². The zero-order valence-electron chi connectivity index (χ0n) is 11.6. The standard InChI is InChI=1S/C17H17ClO2/c1-12-7-9-14(10-8-12)17(19)13(2)20-11-15-5-3-4-6-16(15)18/h3-10,13H,11H2,1-2H3. The minimum Gasteiger partial charge on any atom is -0.366 e. The fourth-order valence-corrected chi connectivity index (χ4v) is 2.05. The Labute approximate surface area is 124 Å². The lowest BCUT2D eigenvalue weighted by Gasteiger charge is -2.13. The summed E-state index contributed by atoms with van der Waals surface area (Å²) < 4.78 is 5.62. The van der Waals surface area contributed by atoms with Gasteiger partial charge < -0.3 is 4.74 Å². The van der Waals surface area contributed by atoms with Crippen molar-refractivity contribution < 1.29 is 9.53 Å². The van der Waals surface area contributed by atoms with Gasteiger partial charge in [0, 0.05) is 10.6 Å². The van der Waals surface area contributed by atoms with E-state index in [9.17, 15) is 4.79 Å². The van der Waals surface area contributed by atoms with Crippen LogP contribution in [0.5, 0.6) is 0 Å². The Morgan fingerprint density at radius 1 is 1.15 bits per heavy atom. The number of rotatable bonds is 5. The third-order valence-corrected chi connectivity index (χ3v) is 3.52. The summed E-state index contributed by atoms with van der Waals surface area (Å²) in [5.74, 6) is -0.0166. The van der Waals surface area contributed by atoms with Crippen molar-refractivity contribution in [3.05, 3.63) is 70.2 Å². The Kier molecular flexibility index (Phi) is 4.94. The van der Waals surface area contributed by atoms with Crippen LogP contribution >= 0.6 is 11.6 Å². The quantitative estimate of drug-likeness (QED) is 0.761. The van der Waals surface area contributed by atoms with Gasteiger partial charge in [-0.05, 0) is 25.5 Å². The Bertz CT molecular complexity index is 590. The van der Waals surface area contributed by atoms with Crippen molar-refractivity contribution in [2.75, 3.05) is 0 Å². The predicted octanol–water partition coefficient (Wildman–Crippen LogP) is 4.44. The summed E-state index contributed by atoms with van der Waals surface area (Å²) in [4.78, 5) is 12.2. The molecule has 0 aliphatic rings. The molecule has 0 amide bonds. The van der Waals surface area contributed by atoms with E-state index in [1.165, 1.54) is 0 Å². The molecule has 3 heteroatoms. The molecule has 2 nitrogen and oxygen atoms in total. The van der Waals surface area contributed by atoms with Crippen molar-refractivity contribution in [2.24, 2.45) is 0 Å². The topological polar surface area (TPSA) is 26.3 Å². The summed E-state index contributed by atoms with van der Waals surface area (Å²) in [6, 6.07) is 15.0. The Morgan fingerprint density at radius 2 is 1.80 bits per heavy atom. The molecule has 0 radical (unpaired) electrons. The van der Waals surface area contributed by atoms with Crippen LogP contribution in [0.1, 0.15) is 28.4 Å². The van der Waals surface area contributed by atoms with E-state index >= 15 is 0 Å². The number of benzene rings is 2. The van der Waals surface area contributed by atoms with E-state index in [0.29, 0.717) is 17.2 Å². The molecule has 20 heavy (non-hydrogen) atoms. The van der Waals surface area contributed by atoms with Gasteiger partial charge >= 0.3 is 0 Å². The van der Waals surface area contributed by atoms with Crippen LogP contribution in [-0.4, -0.2) is 11.9 Å². The maximum absolute atomic E-state index is 12.2. The number of carbonyl (C=O) groups is 1. The molecule has 0 aliphatic heterocycles. The number of aryl methyl sites for hydroxylation is 1. The highest BCUT2D eigenvalue weighted by atomic mass is 35.5. The van der Waals surface area contributed by atoms with E-state index in [2.05, 4.69) is 0 Å². The first kappa shape index (κ1) is 14.8. The van der Waals surface area contributed by atoms with E-state index in [4.69, 9.17) is 16.3 Å². The lowest BCUT2D eigenvalue weighted by atomic mass is 10.1. The molecule has 0 aromatic heterocycles. The number of carbonyl (C=O) groups excluding carboxylic acids is 1. The molecule has 0 heterocycles. The van der Waals surface area contributed by atoms with Gasteiger partial charge in [0.25, 0.3) is 0 Å². The van der Waals surface area contributed by atoms with Crippen molar-refractivity contribution in [3.8, 4) is 0 Å². The van der Waals surface area contributed by atoms with Crippen LogP contribution in [0.3, 0.4) is 0 Å². The molecule has 0 saturated carbocycles. The molecule has 2 aromatic carbocycles. The minimum absolute atomic E-state index is 0.0166. The molecule has 2 rings (SSSR count). The predicted molar refractivity (Wildman–Crippen MR) is 81.2 cm³/mol. The molecule has 0 saturated heterocycles. The highest BCUT2D eigenvalue weighted by Crippen LogP contribution is 2.17. The molecule has 0 fully saturated rings. The fourth-order valence-electron chi connectivity index (χ4n) is 1.86. The van der Waals surface area contributed by atoms with Crippen LogP contribution in [0.2, 0.25) is 5.02 Å². The summed E-state index contributed by atoms with van der Waals surface area (Å²) in [6.07, 6.45) is -0.492. The van der Waals surface area contributed by atoms with Crippen LogP contribution in [-0.2, 0) is 11.3 Å². The lowest BCUT2D eigenvalue weighted by Crippen LogP contribution is -2.20. The first-order valence-corrected chi connectivity index (χ1v) is 6.91. The minimum atomic E-state index is -0.492. The number of hydrogen-bond acceptors (Lipinski definition) is 2. The van der Waals surface area contributed by atoms with Crippen molar-refractivity contribution in [1.82, 2.24) is 0 Å². The Morgan fingerprint density at radius 3 is 2.45 bits per heavy atom. The van der Waals surface area contributed by atoms with Gasteiger partial charge in [-0.2, -0.15) is 0 Å². The summed E-state index contributed by atoms with van der Waals surface area (Å²) in [5.41, 5.74) is 2.69. The van der Waals surface area contributed by atoms with Crippen LogP contribution in [0.4, 0.5) is 0 Å². The van der Waals surface area contributed by atoms with Crippen molar-refractivity contribution >= 4 is 17.4 Å². The average Bonchev–Trinajstić information content (AvgIpc) is 2.46. The summed E-state index contributed by atoms with van der Waals surface area (Å²) >= 11 is 6.06. The van der Waals surface area contributed by atoms with Crippen LogP contribution in [0, 0.1) is 6.92 Å². The molecule has 1 unspecified atom stereocenters. The second-order valence-corrected chi connectivity index (χ2v) is 5.18. The largest absolute Gasteiger partial charge is 0.366 e. The number of hydrogen-bond donors (Lipinski definition) is 0. The maximum Gasteiger partial charge on any atom is 0.191 e. The SMILES string of the molecule is Cc1ccc(C(=O)C(C)OCc2ccccc2Cl)cc1. The molecule has 0 N–H and O–H groups in total. The third kappa shape index (κ3) is 3.69. The van der Waals surface area contributed by atoms with E-state index in [-0.39, 0.29) is 5.78 Å². The first-order chi connectivity index (χ1) is 9.58. The molecule has 0 spiro atoms. The second kappa shape index (κ2) is 6.69. The fraction of sp³-hybridized carbons (Fsp3) is 0.235. The van der Waals surface area contributed by atoms with E-state index in [1.807, 2.05) is 55.5 Å². The van der Waals surface area contributed by atoms with Gasteiger partial charge in [-0.25, -0.2) is 0 Å². The van der Waals surface area contributed by atoms with E-state index in [0.717, 1.165) is 11.1 Å². The number of Topliss-reactive ketones (excluding diaryl/α,β-unsaturated/α-hetero) is 1. The van der Waals surface area contributed by atoms with Gasteiger partial charge in [0.15, 0.2) is 5.78 Å². The highest BCUT2D eigenvalue weighted by Gasteiger charge is 2.16. The van der Waals surface area contributed by atoms with Crippen molar-refractivity contribution in [1.29, 1.82) is 0 Å². The third-order valence-electron chi connectivity index (χ3n) is 3.15. The monoisotopic (exact) mass is 288 g/mol. The molecule has 1 atom stereocenters. The molecule has 2 aromatic rings. The summed E-state index contributed by atoms with van der Waals surface area (Å²) in [6.45, 7) is 4.09. The number of ether oxygens (including phenoxy) is 1. The van der Waals surface area contributed by atoms with Gasteiger partial charge in [-0.1, -0.05) is 59.6 Å². The highest BCUT2D eigenvalue weighted by molar-refractivity contribution is 6.31. The normalized spacial score (nSPS) is 12.2. The van der Waals surface area contributed by atoms with Crippen molar-refractivity contribution in [3.63, 3.8) is 0 Å². The Hall–Kier alpha value is -1.64. The lowest BCUT2D eigenvalue weighted by molar-refractivity contribution is 0.0412. The second-order valence-electron chi connectivity index (χ2n) is 4.77. The zero-order chi connectivity index (χ0) is 14.5. The average molecular weight is 289 g/mol. The molecule has 0 bridgehead atoms. The van der Waals surface area contributed by atoms with Gasteiger partial charge in [0.1, 0.15) is 6.10 Å². The van der Waals surface area contributed by atoms with Crippen LogP contribution in [0.15, 0.2) is 48.5 Å². The smallest absolute Gasteiger partial charge is 0.191 e. The van der Waals surface area contributed by atoms with E-state index in [1.54, 1.807) is 6.92 Å². The number of halogens is 1. The number of ketones is 1. The zero-order valence-corrected chi connectivity index (χ0v) is 12.4. The molecule has 0 aliphatic carbocycles. The van der Waals surface area contributed by atoms with Crippen LogP contribution < -0.4 is 0 Å². The van der Waals surface area contributed by atoms with E-state index < -0.39 is 6.10 Å². The molecular weight excluding hydrogens is 272 g/mol.